The van der Waals surface area contributed by atoms with Crippen LogP contribution in [0.4, 0.5) is 0 Å². The highest BCUT2D eigenvalue weighted by atomic mass is 32.2. The van der Waals surface area contributed by atoms with E-state index in [2.05, 4.69) is 18.2 Å². The number of nitrogens with zero attached hydrogens (tertiary/aromatic N) is 2. The van der Waals surface area contributed by atoms with Gasteiger partial charge in [0, 0.05) is 5.56 Å². The van der Waals surface area contributed by atoms with Gasteiger partial charge >= 0.3 is 0 Å². The Kier molecular flexibility index (Phi) is 4.32. The van der Waals surface area contributed by atoms with E-state index in [0.717, 1.165) is 27.7 Å². The second-order valence-electron chi connectivity index (χ2n) is 5.81. The number of hydrogen-bond donors (Lipinski definition) is 0. The molecule has 5 heteroatoms. The Morgan fingerprint density at radius 1 is 1.16 bits per heavy atom. The third-order valence-electron chi connectivity index (χ3n) is 4.21. The first-order valence-corrected chi connectivity index (χ1v) is 9.28. The Morgan fingerprint density at radius 2 is 1.92 bits per heavy atom. The lowest BCUT2D eigenvalue weighted by Gasteiger charge is -2.29. The van der Waals surface area contributed by atoms with Gasteiger partial charge in [-0.2, -0.15) is 0 Å². The standard InChI is InChI=1S/C20H18N2O2S/c1-2-24-16-10-8-14(9-11-16)17-12-18(15-6-4-3-5-7-15)22-19(23)13-25-20(22)21-17/h3-12,18H,2,13H2,1H3. The molecule has 1 unspecified atom stereocenters. The third kappa shape index (κ3) is 3.07. The molecule has 0 saturated carbocycles. The maximum atomic E-state index is 12.3. The Balaban J connectivity index is 1.73. The van der Waals surface area contributed by atoms with Crippen molar-refractivity contribution in [2.24, 2.45) is 4.99 Å². The number of amidine groups is 1. The molecule has 0 N–H and O–H groups in total. The number of thioether (sulfide) groups is 1. The summed E-state index contributed by atoms with van der Waals surface area (Å²) in [6.45, 7) is 2.62. The minimum atomic E-state index is -0.113. The molecule has 0 radical (unpaired) electrons. The number of carbonyl (C=O) groups excluding carboxylic acids is 1. The fourth-order valence-corrected chi connectivity index (χ4v) is 3.95. The van der Waals surface area contributed by atoms with Crippen molar-refractivity contribution in [3.8, 4) is 5.75 Å². The zero-order chi connectivity index (χ0) is 17.2. The summed E-state index contributed by atoms with van der Waals surface area (Å²) in [5.41, 5.74) is 3.01. The van der Waals surface area contributed by atoms with E-state index in [1.807, 2.05) is 49.4 Å². The van der Waals surface area contributed by atoms with Crippen molar-refractivity contribution in [3.63, 3.8) is 0 Å². The summed E-state index contributed by atoms with van der Waals surface area (Å²) in [6, 6.07) is 17.9. The highest BCUT2D eigenvalue weighted by molar-refractivity contribution is 8.15. The second kappa shape index (κ2) is 6.76. The number of fused-ring (bicyclic) bond motifs is 1. The number of rotatable bonds is 4. The first-order valence-electron chi connectivity index (χ1n) is 8.30. The lowest BCUT2D eigenvalue weighted by atomic mass is 10.0. The molecule has 2 aromatic carbocycles. The Hall–Kier alpha value is -2.53. The fraction of sp³-hybridized carbons (Fsp3) is 0.200. The molecule has 25 heavy (non-hydrogen) atoms. The Bertz CT molecular complexity index is 844. The van der Waals surface area contributed by atoms with Crippen molar-refractivity contribution in [2.75, 3.05) is 12.4 Å². The average Bonchev–Trinajstić information content (AvgIpc) is 3.04. The molecule has 0 aromatic heterocycles. The van der Waals surface area contributed by atoms with E-state index >= 15 is 0 Å². The summed E-state index contributed by atoms with van der Waals surface area (Å²) in [6.07, 6.45) is 2.07. The van der Waals surface area contributed by atoms with Crippen molar-refractivity contribution < 1.29 is 9.53 Å². The van der Waals surface area contributed by atoms with Gasteiger partial charge in [0.1, 0.15) is 5.75 Å². The van der Waals surface area contributed by atoms with Gasteiger partial charge in [0.2, 0.25) is 5.91 Å². The zero-order valence-corrected chi connectivity index (χ0v) is 14.7. The predicted molar refractivity (Wildman–Crippen MR) is 102 cm³/mol. The van der Waals surface area contributed by atoms with Crippen molar-refractivity contribution >= 4 is 28.5 Å². The summed E-state index contributed by atoms with van der Waals surface area (Å²) in [5, 5.41) is 0.783. The first kappa shape index (κ1) is 16.0. The molecule has 1 fully saturated rings. The molecule has 4 nitrogen and oxygen atoms in total. The van der Waals surface area contributed by atoms with Crippen LogP contribution in [0.1, 0.15) is 24.1 Å². The molecular weight excluding hydrogens is 332 g/mol. The molecule has 4 rings (SSSR count). The minimum absolute atomic E-state index is 0.111. The smallest absolute Gasteiger partial charge is 0.239 e. The fourth-order valence-electron chi connectivity index (χ4n) is 3.04. The van der Waals surface area contributed by atoms with E-state index in [-0.39, 0.29) is 11.9 Å². The molecular formula is C20H18N2O2S. The van der Waals surface area contributed by atoms with Crippen LogP contribution < -0.4 is 4.74 Å². The number of benzene rings is 2. The molecule has 0 bridgehead atoms. The summed E-state index contributed by atoms with van der Waals surface area (Å²) < 4.78 is 5.51. The van der Waals surface area contributed by atoms with Crippen LogP contribution >= 0.6 is 11.8 Å². The summed E-state index contributed by atoms with van der Waals surface area (Å²) in [5.74, 6) is 1.41. The van der Waals surface area contributed by atoms with Crippen LogP contribution in [-0.4, -0.2) is 28.3 Å². The highest BCUT2D eigenvalue weighted by Crippen LogP contribution is 2.38. The van der Waals surface area contributed by atoms with Crippen LogP contribution in [0, 0.1) is 0 Å². The molecule has 2 aromatic rings. The van der Waals surface area contributed by atoms with Gasteiger partial charge in [-0.15, -0.1) is 0 Å². The van der Waals surface area contributed by atoms with Crippen LogP contribution in [0.3, 0.4) is 0 Å². The van der Waals surface area contributed by atoms with Crippen molar-refractivity contribution in [3.05, 3.63) is 71.8 Å². The van der Waals surface area contributed by atoms with E-state index in [1.54, 1.807) is 4.90 Å². The van der Waals surface area contributed by atoms with Gasteiger partial charge in [-0.3, -0.25) is 9.69 Å². The third-order valence-corrected chi connectivity index (χ3v) is 5.15. The molecule has 2 heterocycles. The predicted octanol–water partition coefficient (Wildman–Crippen LogP) is 4.11. The topological polar surface area (TPSA) is 41.9 Å². The van der Waals surface area contributed by atoms with Gasteiger partial charge < -0.3 is 4.74 Å². The molecule has 2 aliphatic rings. The number of amides is 1. The summed E-state index contributed by atoms with van der Waals surface area (Å²) >= 11 is 1.50. The number of ether oxygens (including phenoxy) is 1. The minimum Gasteiger partial charge on any atom is -0.494 e. The first-order chi connectivity index (χ1) is 12.3. The second-order valence-corrected chi connectivity index (χ2v) is 6.75. The van der Waals surface area contributed by atoms with Crippen LogP contribution in [0.15, 0.2) is 65.7 Å². The van der Waals surface area contributed by atoms with Crippen molar-refractivity contribution in [2.45, 2.75) is 13.0 Å². The lowest BCUT2D eigenvalue weighted by Crippen LogP contribution is -2.34. The zero-order valence-electron chi connectivity index (χ0n) is 13.9. The maximum absolute atomic E-state index is 12.3. The van der Waals surface area contributed by atoms with Crippen LogP contribution in [-0.2, 0) is 4.79 Å². The van der Waals surface area contributed by atoms with Gasteiger partial charge in [-0.1, -0.05) is 42.1 Å². The number of carbonyl (C=O) groups is 1. The average molecular weight is 350 g/mol. The molecule has 0 spiro atoms. The normalized spacial score (nSPS) is 19.3. The summed E-state index contributed by atoms with van der Waals surface area (Å²) in [7, 11) is 0. The van der Waals surface area contributed by atoms with E-state index in [1.165, 1.54) is 11.8 Å². The maximum Gasteiger partial charge on any atom is 0.239 e. The van der Waals surface area contributed by atoms with Crippen LogP contribution in [0.2, 0.25) is 0 Å². The number of hydrogen-bond acceptors (Lipinski definition) is 4. The van der Waals surface area contributed by atoms with Gasteiger partial charge in [-0.25, -0.2) is 4.99 Å². The van der Waals surface area contributed by atoms with E-state index in [4.69, 9.17) is 9.73 Å². The van der Waals surface area contributed by atoms with E-state index < -0.39 is 0 Å². The quantitative estimate of drug-likeness (QED) is 0.833. The Morgan fingerprint density at radius 3 is 2.64 bits per heavy atom. The largest absolute Gasteiger partial charge is 0.494 e. The lowest BCUT2D eigenvalue weighted by molar-refractivity contribution is -0.125. The molecule has 1 atom stereocenters. The molecule has 0 aliphatic carbocycles. The van der Waals surface area contributed by atoms with Gasteiger partial charge in [-0.05, 0) is 42.8 Å². The van der Waals surface area contributed by atoms with Gasteiger partial charge in [0.25, 0.3) is 0 Å². The van der Waals surface area contributed by atoms with Crippen LogP contribution in [0.25, 0.3) is 5.70 Å². The highest BCUT2D eigenvalue weighted by Gasteiger charge is 2.37. The van der Waals surface area contributed by atoms with Gasteiger partial charge in [0.15, 0.2) is 5.17 Å². The molecule has 1 saturated heterocycles. The number of aliphatic imine (C=N–C) groups is 1. The SMILES string of the molecule is CCOc1ccc(C2=CC(c3ccccc3)N3C(=O)CSC3=N2)cc1. The van der Waals surface area contributed by atoms with Crippen LogP contribution in [0.5, 0.6) is 5.75 Å². The van der Waals surface area contributed by atoms with Crippen molar-refractivity contribution in [1.82, 2.24) is 4.90 Å². The van der Waals surface area contributed by atoms with Gasteiger partial charge in [0.05, 0.1) is 24.1 Å². The van der Waals surface area contributed by atoms with E-state index in [0.29, 0.717) is 12.4 Å². The van der Waals surface area contributed by atoms with Crippen molar-refractivity contribution in [1.29, 1.82) is 0 Å². The molecule has 1 amide bonds. The van der Waals surface area contributed by atoms with E-state index in [9.17, 15) is 4.79 Å². The molecule has 126 valence electrons. The Labute approximate surface area is 151 Å². The monoisotopic (exact) mass is 350 g/mol. The summed E-state index contributed by atoms with van der Waals surface area (Å²) in [4.78, 5) is 18.9. The molecule has 2 aliphatic heterocycles.